The van der Waals surface area contributed by atoms with Crippen LogP contribution in [0.2, 0.25) is 0 Å². The molecular weight excluding hydrogens is 378 g/mol. The molecule has 0 saturated heterocycles. The first kappa shape index (κ1) is 20.7. The molecule has 1 N–H and O–H groups in total. The third-order valence-corrected chi connectivity index (χ3v) is 6.12. The van der Waals surface area contributed by atoms with Gasteiger partial charge in [-0.15, -0.1) is 0 Å². The summed E-state index contributed by atoms with van der Waals surface area (Å²) in [5, 5.41) is 3.42. The minimum Gasteiger partial charge on any atom is -0.497 e. The number of aromatic nitrogens is 1. The van der Waals surface area contributed by atoms with Crippen LogP contribution in [-0.4, -0.2) is 30.2 Å². The van der Waals surface area contributed by atoms with Crippen LogP contribution in [0.5, 0.6) is 5.75 Å². The van der Waals surface area contributed by atoms with Gasteiger partial charge in [0.15, 0.2) is 0 Å². The number of nitrogens with one attached hydrogen (secondary N) is 1. The largest absolute Gasteiger partial charge is 0.497 e. The molecule has 6 heteroatoms. The number of amides is 1. The van der Waals surface area contributed by atoms with E-state index < -0.39 is 0 Å². The summed E-state index contributed by atoms with van der Waals surface area (Å²) in [6.45, 7) is 6.21. The lowest BCUT2D eigenvalue weighted by Crippen LogP contribution is -2.40. The summed E-state index contributed by atoms with van der Waals surface area (Å²) >= 11 is 0. The van der Waals surface area contributed by atoms with Gasteiger partial charge in [0.2, 0.25) is 5.91 Å². The van der Waals surface area contributed by atoms with Gasteiger partial charge in [0, 0.05) is 23.7 Å². The van der Waals surface area contributed by atoms with Gasteiger partial charge < -0.3 is 19.7 Å². The van der Waals surface area contributed by atoms with Gasteiger partial charge in [-0.2, -0.15) is 0 Å². The lowest BCUT2D eigenvalue weighted by Gasteiger charge is -2.35. The maximum Gasteiger partial charge on any atom is 0.230 e. The average molecular weight is 410 g/mol. The summed E-state index contributed by atoms with van der Waals surface area (Å²) in [7, 11) is 1.65. The van der Waals surface area contributed by atoms with Crippen molar-refractivity contribution in [3.63, 3.8) is 0 Å². The first-order valence-corrected chi connectivity index (χ1v) is 10.9. The van der Waals surface area contributed by atoms with Gasteiger partial charge in [-0.3, -0.25) is 4.79 Å². The average Bonchev–Trinajstić information content (AvgIpc) is 2.87. The van der Waals surface area contributed by atoms with Crippen molar-refractivity contribution in [2.45, 2.75) is 64.7 Å². The number of carbonyl (C=O) groups is 1. The minimum absolute atomic E-state index is 0.00302. The number of hydrogen-bond donors (Lipinski definition) is 1. The van der Waals surface area contributed by atoms with E-state index in [0.29, 0.717) is 0 Å². The summed E-state index contributed by atoms with van der Waals surface area (Å²) in [6, 6.07) is 9.63. The van der Waals surface area contributed by atoms with Crippen LogP contribution in [0.3, 0.4) is 0 Å². The van der Waals surface area contributed by atoms with Crippen LogP contribution in [0.15, 0.2) is 36.5 Å². The van der Waals surface area contributed by atoms with Crippen molar-refractivity contribution in [1.82, 2.24) is 4.98 Å². The Kier molecular flexibility index (Phi) is 5.95. The number of fused-ring (bicyclic) bond motifs is 2. The normalized spacial score (nSPS) is 23.2. The second kappa shape index (κ2) is 8.64. The van der Waals surface area contributed by atoms with Crippen molar-refractivity contribution >= 4 is 23.1 Å². The highest BCUT2D eigenvalue weighted by atomic mass is 16.5. The van der Waals surface area contributed by atoms with Crippen molar-refractivity contribution < 1.29 is 14.3 Å². The van der Waals surface area contributed by atoms with E-state index in [0.717, 1.165) is 54.2 Å². The van der Waals surface area contributed by atoms with Crippen LogP contribution in [0.4, 0.5) is 17.2 Å². The zero-order valence-electron chi connectivity index (χ0n) is 18.2. The van der Waals surface area contributed by atoms with Gasteiger partial charge in [0.1, 0.15) is 11.6 Å². The Hall–Kier alpha value is -2.60. The molecule has 0 radical (unpaired) electrons. The maximum atomic E-state index is 13.8. The van der Waals surface area contributed by atoms with Crippen molar-refractivity contribution in [2.24, 2.45) is 5.92 Å². The van der Waals surface area contributed by atoms with Gasteiger partial charge in [0.25, 0.3) is 0 Å². The summed E-state index contributed by atoms with van der Waals surface area (Å²) in [4.78, 5) is 20.3. The van der Waals surface area contributed by atoms with Crippen LogP contribution in [0.1, 0.15) is 58.1 Å². The molecule has 1 amide bonds. The number of carbonyl (C=O) groups excluding carboxylic acids is 1. The molecule has 1 saturated carbocycles. The molecule has 1 atom stereocenters. The predicted octanol–water partition coefficient (Wildman–Crippen LogP) is 5.23. The van der Waals surface area contributed by atoms with E-state index in [1.807, 2.05) is 35.2 Å². The molecule has 0 spiro atoms. The monoisotopic (exact) mass is 409 g/mol. The Labute approximate surface area is 178 Å². The number of methoxy groups -OCH3 is 1. The smallest absolute Gasteiger partial charge is 0.230 e. The molecule has 2 aliphatic rings. The number of hydrogen-bond acceptors (Lipinski definition) is 5. The fourth-order valence-corrected chi connectivity index (χ4v) is 4.62. The fourth-order valence-electron chi connectivity index (χ4n) is 4.62. The summed E-state index contributed by atoms with van der Waals surface area (Å²) in [5.41, 5.74) is 2.72. The quantitative estimate of drug-likeness (QED) is 0.750. The lowest BCUT2D eigenvalue weighted by molar-refractivity contribution is -0.125. The molecule has 2 aromatic rings. The molecular formula is C24H31N3O3. The van der Waals surface area contributed by atoms with Crippen molar-refractivity contribution in [3.05, 3.63) is 42.1 Å². The van der Waals surface area contributed by atoms with Crippen molar-refractivity contribution in [3.8, 4) is 5.75 Å². The van der Waals surface area contributed by atoms with Gasteiger partial charge in [-0.05, 0) is 64.7 Å². The minimum atomic E-state index is -0.133. The molecule has 1 aromatic heterocycles. The first-order valence-electron chi connectivity index (χ1n) is 10.9. The first-order chi connectivity index (χ1) is 14.5. The maximum absolute atomic E-state index is 13.8. The van der Waals surface area contributed by atoms with E-state index in [4.69, 9.17) is 9.47 Å². The molecule has 1 aliphatic carbocycles. The second-order valence-electron chi connectivity index (χ2n) is 8.49. The zero-order valence-corrected chi connectivity index (χ0v) is 18.2. The van der Waals surface area contributed by atoms with E-state index in [2.05, 4.69) is 31.1 Å². The number of rotatable bonds is 4. The summed E-state index contributed by atoms with van der Waals surface area (Å²) < 4.78 is 11.4. The second-order valence-corrected chi connectivity index (χ2v) is 8.49. The Morgan fingerprint density at radius 2 is 1.97 bits per heavy atom. The van der Waals surface area contributed by atoms with Crippen molar-refractivity contribution in [2.75, 3.05) is 17.3 Å². The van der Waals surface area contributed by atoms with Gasteiger partial charge in [0.05, 0.1) is 36.7 Å². The Morgan fingerprint density at radius 3 is 2.67 bits per heavy atom. The van der Waals surface area contributed by atoms with Crippen LogP contribution >= 0.6 is 0 Å². The molecule has 0 bridgehead atoms. The van der Waals surface area contributed by atoms with E-state index in [-0.39, 0.29) is 30.1 Å². The van der Waals surface area contributed by atoms with Crippen LogP contribution in [0.25, 0.3) is 0 Å². The summed E-state index contributed by atoms with van der Waals surface area (Å²) in [6.07, 6.45) is 5.82. The number of pyridine rings is 1. The topological polar surface area (TPSA) is 63.7 Å². The van der Waals surface area contributed by atoms with Crippen LogP contribution < -0.4 is 15.0 Å². The Bertz CT molecular complexity index is 906. The highest BCUT2D eigenvalue weighted by molar-refractivity contribution is 6.00. The third kappa shape index (κ3) is 4.01. The number of nitrogens with zero attached hydrogens (tertiary/aromatic N) is 2. The highest BCUT2D eigenvalue weighted by Crippen LogP contribution is 2.43. The zero-order chi connectivity index (χ0) is 21.3. The molecule has 1 aromatic carbocycles. The number of anilines is 3. The highest BCUT2D eigenvalue weighted by Gasteiger charge is 2.36. The number of ether oxygens (including phenoxy) is 2. The summed E-state index contributed by atoms with van der Waals surface area (Å²) in [5.74, 6) is 1.68. The molecule has 4 rings (SSSR count). The predicted molar refractivity (Wildman–Crippen MR) is 118 cm³/mol. The molecule has 6 nitrogen and oxygen atoms in total. The van der Waals surface area contributed by atoms with E-state index in [1.54, 1.807) is 13.3 Å². The standard InChI is InChI=1S/C24H31N3O3/c1-15(2)30-18-9-7-17(8-10-18)24(28)27-16(3)20-6-5-13-25-23(20)26-21-12-11-19(29-4)14-22(21)27/h5-6,11-18H,7-10H2,1-4H3,(H,25,26). The van der Waals surface area contributed by atoms with Crippen LogP contribution in [-0.2, 0) is 9.53 Å². The Balaban J connectivity index is 1.66. The lowest BCUT2D eigenvalue weighted by atomic mass is 9.85. The molecule has 160 valence electrons. The van der Waals surface area contributed by atoms with Gasteiger partial charge in [-0.1, -0.05) is 6.07 Å². The van der Waals surface area contributed by atoms with Gasteiger partial charge >= 0.3 is 0 Å². The molecule has 30 heavy (non-hydrogen) atoms. The molecule has 1 aliphatic heterocycles. The third-order valence-electron chi connectivity index (χ3n) is 6.12. The molecule has 1 fully saturated rings. The fraction of sp³-hybridized carbons (Fsp3) is 0.500. The van der Waals surface area contributed by atoms with Crippen molar-refractivity contribution in [1.29, 1.82) is 0 Å². The SMILES string of the molecule is COc1ccc2c(c1)N(C(=O)C1CCC(OC(C)C)CC1)C(C)c1cccnc1N2. The Morgan fingerprint density at radius 1 is 1.20 bits per heavy atom. The van der Waals surface area contributed by atoms with E-state index in [9.17, 15) is 4.79 Å². The van der Waals surface area contributed by atoms with E-state index in [1.165, 1.54) is 0 Å². The molecule has 2 heterocycles. The van der Waals surface area contributed by atoms with Gasteiger partial charge in [-0.25, -0.2) is 4.98 Å². The van der Waals surface area contributed by atoms with Crippen LogP contribution in [0, 0.1) is 5.92 Å². The molecule has 1 unspecified atom stereocenters. The van der Waals surface area contributed by atoms with E-state index >= 15 is 0 Å². The number of benzene rings is 1.